The molecule has 1 amide bonds. The Kier molecular flexibility index (Phi) is 6.92. The Bertz CT molecular complexity index is 987. The van der Waals surface area contributed by atoms with Gasteiger partial charge in [0.2, 0.25) is 5.91 Å². The van der Waals surface area contributed by atoms with Crippen LogP contribution in [0.15, 0.2) is 33.9 Å². The van der Waals surface area contributed by atoms with E-state index in [1.54, 1.807) is 0 Å². The molecule has 2 aromatic rings. The molecule has 0 atom stereocenters. The normalized spacial score (nSPS) is 21.8. The van der Waals surface area contributed by atoms with Crippen molar-refractivity contribution >= 4 is 28.9 Å². The lowest BCUT2D eigenvalue weighted by molar-refractivity contribution is -0.126. The van der Waals surface area contributed by atoms with Gasteiger partial charge in [-0.3, -0.25) is 14.4 Å². The molecule has 2 aliphatic rings. The van der Waals surface area contributed by atoms with E-state index in [9.17, 15) is 14.4 Å². The molecule has 1 heterocycles. The minimum absolute atomic E-state index is 0.00813. The molecule has 31 heavy (non-hydrogen) atoms. The number of nitrogens with one attached hydrogen (secondary N) is 2. The number of morpholine rings is 1. The molecule has 4 rings (SSSR count). The second-order valence-electron chi connectivity index (χ2n) is 8.39. The van der Waals surface area contributed by atoms with Gasteiger partial charge >= 0.3 is 0 Å². The van der Waals surface area contributed by atoms with Gasteiger partial charge in [-0.1, -0.05) is 29.8 Å². The maximum atomic E-state index is 12.5. The predicted molar refractivity (Wildman–Crippen MR) is 122 cm³/mol. The first-order chi connectivity index (χ1) is 15.0. The summed E-state index contributed by atoms with van der Waals surface area (Å²) in [6.07, 6.45) is 3.48. The number of carbonyl (C=O) groups excluding carboxylic acids is 1. The van der Waals surface area contributed by atoms with Crippen LogP contribution in [-0.2, 0) is 16.1 Å². The number of ether oxygens (including phenoxy) is 1. The molecular weight excluding hydrogens is 418 g/mol. The van der Waals surface area contributed by atoms with E-state index in [2.05, 4.69) is 10.6 Å². The van der Waals surface area contributed by atoms with Crippen LogP contribution in [0.3, 0.4) is 0 Å². The molecule has 7 nitrogen and oxygen atoms in total. The summed E-state index contributed by atoms with van der Waals surface area (Å²) in [7, 11) is 0. The van der Waals surface area contributed by atoms with Crippen molar-refractivity contribution in [2.75, 3.05) is 43.1 Å². The second kappa shape index (κ2) is 9.83. The van der Waals surface area contributed by atoms with Crippen molar-refractivity contribution in [2.45, 2.75) is 32.2 Å². The maximum Gasteiger partial charge on any atom is 0.253 e. The van der Waals surface area contributed by atoms with Gasteiger partial charge in [-0.15, -0.1) is 0 Å². The van der Waals surface area contributed by atoms with E-state index < -0.39 is 10.9 Å². The van der Waals surface area contributed by atoms with E-state index in [-0.39, 0.29) is 11.8 Å². The summed E-state index contributed by atoms with van der Waals surface area (Å²) in [5.74, 6) is 0.465. The van der Waals surface area contributed by atoms with Crippen LogP contribution in [0.2, 0.25) is 5.02 Å². The quantitative estimate of drug-likeness (QED) is 0.636. The van der Waals surface area contributed by atoms with Gasteiger partial charge in [-0.2, -0.15) is 0 Å². The van der Waals surface area contributed by atoms with Gasteiger partial charge in [0.25, 0.3) is 10.9 Å². The average molecular weight is 446 g/mol. The number of carbonyl (C=O) groups is 1. The van der Waals surface area contributed by atoms with Gasteiger partial charge in [0.05, 0.1) is 13.2 Å². The summed E-state index contributed by atoms with van der Waals surface area (Å²) in [6.45, 7) is 3.49. The summed E-state index contributed by atoms with van der Waals surface area (Å²) in [5, 5.41) is 6.89. The van der Waals surface area contributed by atoms with E-state index >= 15 is 0 Å². The number of rotatable bonds is 7. The van der Waals surface area contributed by atoms with Crippen molar-refractivity contribution in [3.63, 3.8) is 0 Å². The van der Waals surface area contributed by atoms with Gasteiger partial charge in [-0.25, -0.2) is 0 Å². The van der Waals surface area contributed by atoms with E-state index in [1.165, 1.54) is 0 Å². The van der Waals surface area contributed by atoms with Crippen LogP contribution in [0, 0.1) is 11.8 Å². The predicted octanol–water partition coefficient (Wildman–Crippen LogP) is 2.31. The van der Waals surface area contributed by atoms with Crippen molar-refractivity contribution in [3.05, 3.63) is 55.3 Å². The lowest BCUT2D eigenvalue weighted by Crippen LogP contribution is -2.47. The van der Waals surface area contributed by atoms with E-state index in [1.807, 2.05) is 29.2 Å². The topological polar surface area (TPSA) is 87.7 Å². The SMILES string of the molecule is O=C(NCc1ccccc1Cl)C1CCC(CNc2c(N3CCOCC3)c(=O)c2=O)CC1. The zero-order chi connectivity index (χ0) is 21.8. The molecule has 2 aromatic carbocycles. The first-order valence-electron chi connectivity index (χ1n) is 11.0. The summed E-state index contributed by atoms with van der Waals surface area (Å²) in [5.41, 5.74) is 1.06. The van der Waals surface area contributed by atoms with Gasteiger partial charge < -0.3 is 20.3 Å². The zero-order valence-electron chi connectivity index (χ0n) is 17.5. The summed E-state index contributed by atoms with van der Waals surface area (Å²) < 4.78 is 5.33. The van der Waals surface area contributed by atoms with Crippen LogP contribution in [0.4, 0.5) is 11.4 Å². The molecule has 1 saturated heterocycles. The van der Waals surface area contributed by atoms with E-state index in [0.717, 1.165) is 31.2 Å². The molecular formula is C23H28ClN3O4. The first-order valence-corrected chi connectivity index (χ1v) is 11.3. The molecule has 0 radical (unpaired) electrons. The third-order valence-corrected chi connectivity index (χ3v) is 6.78. The van der Waals surface area contributed by atoms with E-state index in [0.29, 0.717) is 61.7 Å². The second-order valence-corrected chi connectivity index (χ2v) is 8.80. The Hall–Kier alpha value is -2.38. The Morgan fingerprint density at radius 2 is 1.77 bits per heavy atom. The number of amides is 1. The van der Waals surface area contributed by atoms with E-state index in [4.69, 9.17) is 16.3 Å². The van der Waals surface area contributed by atoms with Crippen molar-refractivity contribution in [2.24, 2.45) is 11.8 Å². The number of hydrogen-bond donors (Lipinski definition) is 2. The first kappa shape index (κ1) is 21.8. The van der Waals surface area contributed by atoms with Crippen molar-refractivity contribution in [1.82, 2.24) is 5.32 Å². The minimum Gasteiger partial charge on any atom is -0.380 e. The van der Waals surface area contributed by atoms with Crippen molar-refractivity contribution in [1.29, 1.82) is 0 Å². The molecule has 1 aliphatic heterocycles. The Morgan fingerprint density at radius 1 is 1.06 bits per heavy atom. The number of benzene rings is 1. The molecule has 0 bridgehead atoms. The van der Waals surface area contributed by atoms with Crippen LogP contribution in [0.1, 0.15) is 31.2 Å². The van der Waals surface area contributed by atoms with Crippen LogP contribution in [0.25, 0.3) is 0 Å². The fraction of sp³-hybridized carbons (Fsp3) is 0.522. The number of anilines is 2. The summed E-state index contributed by atoms with van der Waals surface area (Å²) in [6, 6.07) is 7.51. The molecule has 0 aromatic heterocycles. The summed E-state index contributed by atoms with van der Waals surface area (Å²) in [4.78, 5) is 38.6. The Balaban J connectivity index is 1.23. The zero-order valence-corrected chi connectivity index (χ0v) is 18.2. The molecule has 0 unspecified atom stereocenters. The van der Waals surface area contributed by atoms with Crippen LogP contribution in [-0.4, -0.2) is 38.8 Å². The molecule has 8 heteroatoms. The minimum atomic E-state index is -0.422. The lowest BCUT2D eigenvalue weighted by atomic mass is 9.81. The Morgan fingerprint density at radius 3 is 2.48 bits per heavy atom. The maximum absolute atomic E-state index is 12.5. The molecule has 1 saturated carbocycles. The monoisotopic (exact) mass is 445 g/mol. The largest absolute Gasteiger partial charge is 0.380 e. The highest BCUT2D eigenvalue weighted by molar-refractivity contribution is 6.31. The lowest BCUT2D eigenvalue weighted by Gasteiger charge is -2.32. The Labute approximate surface area is 186 Å². The van der Waals surface area contributed by atoms with Gasteiger partial charge in [0.15, 0.2) is 0 Å². The van der Waals surface area contributed by atoms with Crippen LogP contribution in [0.5, 0.6) is 0 Å². The third-order valence-electron chi connectivity index (χ3n) is 6.41. The molecule has 0 spiro atoms. The standard InChI is InChI=1S/C23H28ClN3O4/c24-18-4-2-1-3-17(18)14-26-23(30)16-7-5-15(6-8-16)13-25-19-20(22(29)21(19)28)27-9-11-31-12-10-27/h1-4,15-16,25H,5-14H2,(H,26,30). The fourth-order valence-electron chi connectivity index (χ4n) is 4.48. The van der Waals surface area contributed by atoms with Gasteiger partial charge in [0, 0.05) is 37.1 Å². The summed E-state index contributed by atoms with van der Waals surface area (Å²) >= 11 is 6.15. The number of nitrogens with zero attached hydrogens (tertiary/aromatic N) is 1. The van der Waals surface area contributed by atoms with Crippen molar-refractivity contribution < 1.29 is 9.53 Å². The fourth-order valence-corrected chi connectivity index (χ4v) is 4.68. The van der Waals surface area contributed by atoms with Gasteiger partial charge in [0.1, 0.15) is 11.4 Å². The highest BCUT2D eigenvalue weighted by Crippen LogP contribution is 2.30. The van der Waals surface area contributed by atoms with Gasteiger partial charge in [-0.05, 0) is 43.2 Å². The molecule has 1 aliphatic carbocycles. The highest BCUT2D eigenvalue weighted by Gasteiger charge is 2.29. The average Bonchev–Trinajstić information content (AvgIpc) is 2.81. The molecule has 166 valence electrons. The van der Waals surface area contributed by atoms with Crippen molar-refractivity contribution in [3.8, 4) is 0 Å². The smallest absolute Gasteiger partial charge is 0.253 e. The molecule has 2 N–H and O–H groups in total. The number of halogens is 1. The highest BCUT2D eigenvalue weighted by atomic mass is 35.5. The number of hydrogen-bond acceptors (Lipinski definition) is 6. The van der Waals surface area contributed by atoms with Crippen LogP contribution < -0.4 is 26.4 Å². The molecule has 2 fully saturated rings. The third kappa shape index (κ3) is 4.93. The van der Waals surface area contributed by atoms with Crippen LogP contribution >= 0.6 is 11.6 Å².